The molecule has 2 rings (SSSR count). The van der Waals surface area contributed by atoms with Crippen LogP contribution in [-0.4, -0.2) is 77.6 Å². The summed E-state index contributed by atoms with van der Waals surface area (Å²) in [7, 11) is 4.06. The number of likely N-dealkylation sites (N-methyl/N-ethyl adjacent to an activating group) is 1. The number of hydrogen-bond acceptors (Lipinski definition) is 3. The van der Waals surface area contributed by atoms with Crippen molar-refractivity contribution in [2.24, 2.45) is 5.92 Å². The molecule has 2 saturated heterocycles. The average molecular weight is 297 g/mol. The van der Waals surface area contributed by atoms with E-state index in [4.69, 9.17) is 0 Å². The lowest BCUT2D eigenvalue weighted by Gasteiger charge is -2.43. The molecule has 3 unspecified atom stereocenters. The Bertz CT molecular complexity index is 400. The van der Waals surface area contributed by atoms with Gasteiger partial charge in [0.25, 0.3) is 0 Å². The fourth-order valence-electron chi connectivity index (χ4n) is 3.51. The highest BCUT2D eigenvalue weighted by Gasteiger charge is 2.39. The third-order valence-electron chi connectivity index (χ3n) is 4.83. The molecule has 2 aliphatic rings. The number of likely N-dealkylation sites (tertiary alicyclic amines) is 2. The molecule has 2 aliphatic heterocycles. The van der Waals surface area contributed by atoms with Gasteiger partial charge in [0.15, 0.2) is 0 Å². The molecular weight excluding hydrogens is 270 g/mol. The predicted octanol–water partition coefficient (Wildman–Crippen LogP) is 1.32. The summed E-state index contributed by atoms with van der Waals surface area (Å²) in [6.07, 6.45) is 3.84. The average Bonchev–Trinajstić information content (AvgIpc) is 2.45. The summed E-state index contributed by atoms with van der Waals surface area (Å²) < 4.78 is 0. The molecule has 3 atom stereocenters. The molecule has 6 nitrogen and oxygen atoms in total. The van der Waals surface area contributed by atoms with Gasteiger partial charge in [0.1, 0.15) is 6.04 Å². The number of urea groups is 1. The molecule has 6 heteroatoms. The summed E-state index contributed by atoms with van der Waals surface area (Å²) in [6, 6.07) is -0.403. The van der Waals surface area contributed by atoms with E-state index in [0.717, 1.165) is 32.2 Å². The molecule has 120 valence electrons. The zero-order chi connectivity index (χ0) is 15.6. The van der Waals surface area contributed by atoms with Gasteiger partial charge in [0, 0.05) is 25.7 Å². The molecule has 21 heavy (non-hydrogen) atoms. The minimum Gasteiger partial charge on any atom is -0.480 e. The first-order valence-corrected chi connectivity index (χ1v) is 7.86. The van der Waals surface area contributed by atoms with E-state index in [0.29, 0.717) is 19.1 Å². The summed E-state index contributed by atoms with van der Waals surface area (Å²) in [5.74, 6) is -0.855. The van der Waals surface area contributed by atoms with Crippen LogP contribution in [0.3, 0.4) is 0 Å². The van der Waals surface area contributed by atoms with Gasteiger partial charge in [-0.2, -0.15) is 0 Å². The van der Waals surface area contributed by atoms with Gasteiger partial charge in [-0.1, -0.05) is 6.92 Å². The number of carbonyl (C=O) groups excluding carboxylic acids is 1. The molecule has 0 aromatic heterocycles. The summed E-state index contributed by atoms with van der Waals surface area (Å²) in [4.78, 5) is 29.8. The van der Waals surface area contributed by atoms with Crippen molar-refractivity contribution in [3.05, 3.63) is 0 Å². The van der Waals surface area contributed by atoms with Gasteiger partial charge >= 0.3 is 12.0 Å². The minimum absolute atomic E-state index is 0.0228. The lowest BCUT2D eigenvalue weighted by atomic mass is 9.91. The first kappa shape index (κ1) is 16.1. The van der Waals surface area contributed by atoms with Crippen molar-refractivity contribution in [3.8, 4) is 0 Å². The van der Waals surface area contributed by atoms with Gasteiger partial charge in [-0.3, -0.25) is 0 Å². The Kier molecular flexibility index (Phi) is 5.08. The third-order valence-corrected chi connectivity index (χ3v) is 4.83. The number of nitrogens with zero attached hydrogens (tertiary/aromatic N) is 3. The van der Waals surface area contributed by atoms with Crippen LogP contribution in [-0.2, 0) is 4.79 Å². The van der Waals surface area contributed by atoms with Gasteiger partial charge in [0.05, 0.1) is 0 Å². The fourth-order valence-corrected chi connectivity index (χ4v) is 3.51. The highest BCUT2D eigenvalue weighted by atomic mass is 16.4. The number of aliphatic carboxylic acids is 1. The number of rotatable bonds is 2. The Morgan fingerprint density at radius 3 is 2.43 bits per heavy atom. The number of amides is 2. The Balaban J connectivity index is 2.08. The molecule has 1 N–H and O–H groups in total. The molecule has 0 aromatic rings. The second-order valence-corrected chi connectivity index (χ2v) is 6.58. The van der Waals surface area contributed by atoms with Gasteiger partial charge in [-0.05, 0) is 45.7 Å². The van der Waals surface area contributed by atoms with Crippen molar-refractivity contribution in [1.29, 1.82) is 0 Å². The van der Waals surface area contributed by atoms with Crippen molar-refractivity contribution in [2.75, 3.05) is 33.7 Å². The molecule has 0 spiro atoms. The van der Waals surface area contributed by atoms with E-state index >= 15 is 0 Å². The quantitative estimate of drug-likeness (QED) is 0.835. The molecular formula is C15H27N3O3. The van der Waals surface area contributed by atoms with E-state index in [1.54, 1.807) is 4.90 Å². The van der Waals surface area contributed by atoms with E-state index in [2.05, 4.69) is 4.90 Å². The van der Waals surface area contributed by atoms with Crippen LogP contribution in [0.15, 0.2) is 0 Å². The zero-order valence-corrected chi connectivity index (χ0v) is 13.3. The number of piperidine rings is 2. The minimum atomic E-state index is -0.878. The molecule has 0 radical (unpaired) electrons. The maximum Gasteiger partial charge on any atom is 0.326 e. The number of carboxylic acid groups (broad SMARTS) is 1. The van der Waals surface area contributed by atoms with Gasteiger partial charge in [-0.25, -0.2) is 9.59 Å². The standard InChI is InChI=1S/C15H27N3O3/c1-11-6-4-9-18(13(11)14(19)20)15(21)17-8-5-7-12(10-17)16(2)3/h11-13H,4-10H2,1-3H3,(H,19,20). The number of carboxylic acids is 1. The highest BCUT2D eigenvalue weighted by molar-refractivity contribution is 5.83. The summed E-state index contributed by atoms with van der Waals surface area (Å²) in [5.41, 5.74) is 0. The Morgan fingerprint density at radius 1 is 1.14 bits per heavy atom. The highest BCUT2D eigenvalue weighted by Crippen LogP contribution is 2.26. The lowest BCUT2D eigenvalue weighted by molar-refractivity contribution is -0.145. The van der Waals surface area contributed by atoms with Crippen molar-refractivity contribution in [1.82, 2.24) is 14.7 Å². The molecule has 0 aliphatic carbocycles. The largest absolute Gasteiger partial charge is 0.480 e. The van der Waals surface area contributed by atoms with Gasteiger partial charge in [-0.15, -0.1) is 0 Å². The summed E-state index contributed by atoms with van der Waals surface area (Å²) in [6.45, 7) is 3.92. The smallest absolute Gasteiger partial charge is 0.326 e. The van der Waals surface area contributed by atoms with Crippen molar-refractivity contribution in [3.63, 3.8) is 0 Å². The summed E-state index contributed by atoms with van der Waals surface area (Å²) >= 11 is 0. The van der Waals surface area contributed by atoms with Gasteiger partial charge < -0.3 is 19.8 Å². The molecule has 2 amide bonds. The SMILES string of the molecule is CC1CCCN(C(=O)N2CCCC(N(C)C)C2)C1C(=O)O. The first-order valence-electron chi connectivity index (χ1n) is 7.86. The lowest BCUT2D eigenvalue weighted by Crippen LogP contribution is -2.58. The predicted molar refractivity (Wildman–Crippen MR) is 80.2 cm³/mol. The van der Waals surface area contributed by atoms with Crippen molar-refractivity contribution in [2.45, 2.75) is 44.7 Å². The molecule has 0 bridgehead atoms. The van der Waals surface area contributed by atoms with Crippen LogP contribution >= 0.6 is 0 Å². The molecule has 0 saturated carbocycles. The van der Waals surface area contributed by atoms with Crippen LogP contribution in [0.2, 0.25) is 0 Å². The van der Waals surface area contributed by atoms with Gasteiger partial charge in [0.2, 0.25) is 0 Å². The van der Waals surface area contributed by atoms with Crippen LogP contribution in [0.5, 0.6) is 0 Å². The Morgan fingerprint density at radius 2 is 1.81 bits per heavy atom. The van der Waals surface area contributed by atoms with E-state index in [1.807, 2.05) is 25.9 Å². The van der Waals surface area contributed by atoms with E-state index < -0.39 is 12.0 Å². The van der Waals surface area contributed by atoms with Crippen molar-refractivity contribution >= 4 is 12.0 Å². The van der Waals surface area contributed by atoms with Crippen LogP contribution in [0.1, 0.15) is 32.6 Å². The van der Waals surface area contributed by atoms with E-state index in [9.17, 15) is 14.7 Å². The summed E-state index contributed by atoms with van der Waals surface area (Å²) in [5, 5.41) is 9.45. The normalized spacial score (nSPS) is 30.6. The van der Waals surface area contributed by atoms with Crippen molar-refractivity contribution < 1.29 is 14.7 Å². The fraction of sp³-hybridized carbons (Fsp3) is 0.867. The molecule has 0 aromatic carbocycles. The zero-order valence-electron chi connectivity index (χ0n) is 13.3. The third kappa shape index (κ3) is 3.48. The second kappa shape index (κ2) is 6.64. The molecule has 2 fully saturated rings. The Labute approximate surface area is 126 Å². The van der Waals surface area contributed by atoms with E-state index in [-0.39, 0.29) is 11.9 Å². The Hall–Kier alpha value is -1.30. The number of carbonyl (C=O) groups is 2. The topological polar surface area (TPSA) is 64.1 Å². The molecule has 2 heterocycles. The monoisotopic (exact) mass is 297 g/mol. The maximum absolute atomic E-state index is 12.8. The second-order valence-electron chi connectivity index (χ2n) is 6.58. The maximum atomic E-state index is 12.8. The van der Waals surface area contributed by atoms with Crippen LogP contribution in [0.25, 0.3) is 0 Å². The van der Waals surface area contributed by atoms with Crippen LogP contribution < -0.4 is 0 Å². The van der Waals surface area contributed by atoms with Crippen LogP contribution in [0.4, 0.5) is 4.79 Å². The van der Waals surface area contributed by atoms with Crippen LogP contribution in [0, 0.1) is 5.92 Å². The number of hydrogen-bond donors (Lipinski definition) is 1. The van der Waals surface area contributed by atoms with E-state index in [1.165, 1.54) is 0 Å². The first-order chi connectivity index (χ1) is 9.91.